The largest absolute Gasteiger partial charge is 0.480 e. The van der Waals surface area contributed by atoms with Crippen molar-refractivity contribution in [2.45, 2.75) is 31.2 Å². The number of hydrogen-bond acceptors (Lipinski definition) is 2. The highest BCUT2D eigenvalue weighted by Gasteiger charge is 2.42. The first-order valence-corrected chi connectivity index (χ1v) is 6.77. The van der Waals surface area contributed by atoms with Crippen LogP contribution in [0.1, 0.15) is 30.7 Å². The fraction of sp³-hybridized carbons (Fsp3) is 0.533. The highest BCUT2D eigenvalue weighted by atomic mass is 16.4. The van der Waals surface area contributed by atoms with E-state index in [1.165, 1.54) is 12.0 Å². The van der Waals surface area contributed by atoms with E-state index in [4.69, 9.17) is 5.11 Å². The van der Waals surface area contributed by atoms with Gasteiger partial charge < -0.3 is 5.11 Å². The van der Waals surface area contributed by atoms with Gasteiger partial charge in [0, 0.05) is 6.54 Å². The molecule has 1 saturated carbocycles. The van der Waals surface area contributed by atoms with Crippen molar-refractivity contribution in [1.82, 2.24) is 4.90 Å². The summed E-state index contributed by atoms with van der Waals surface area (Å²) in [5, 5.41) is 9.16. The maximum atomic E-state index is 11.1. The van der Waals surface area contributed by atoms with Crippen LogP contribution in [0.15, 0.2) is 30.3 Å². The molecule has 1 heterocycles. The van der Waals surface area contributed by atoms with Gasteiger partial charge >= 0.3 is 5.97 Å². The first-order valence-electron chi connectivity index (χ1n) is 6.77. The molecule has 1 N–H and O–H groups in total. The van der Waals surface area contributed by atoms with Crippen LogP contribution in [0.3, 0.4) is 0 Å². The molecule has 96 valence electrons. The van der Waals surface area contributed by atoms with Gasteiger partial charge in [-0.25, -0.2) is 0 Å². The zero-order chi connectivity index (χ0) is 12.5. The van der Waals surface area contributed by atoms with E-state index in [-0.39, 0.29) is 6.04 Å². The minimum atomic E-state index is -0.649. The summed E-state index contributed by atoms with van der Waals surface area (Å²) in [6, 6.07) is 10.3. The predicted octanol–water partition coefficient (Wildman–Crippen LogP) is 2.34. The Hall–Kier alpha value is -1.35. The third kappa shape index (κ3) is 2.27. The number of rotatable bonds is 4. The summed E-state index contributed by atoms with van der Waals surface area (Å²) in [6.07, 6.45) is 3.06. The molecule has 0 bridgehead atoms. The number of carboxylic acid groups (broad SMARTS) is 1. The molecule has 0 spiro atoms. The Kier molecular flexibility index (Phi) is 3.08. The van der Waals surface area contributed by atoms with Crippen molar-refractivity contribution in [3.63, 3.8) is 0 Å². The van der Waals surface area contributed by atoms with Crippen LogP contribution in [-0.4, -0.2) is 35.1 Å². The first kappa shape index (κ1) is 11.7. The fourth-order valence-electron chi connectivity index (χ4n) is 3.18. The highest BCUT2D eigenvalue weighted by Crippen LogP contribution is 2.48. The van der Waals surface area contributed by atoms with Crippen molar-refractivity contribution < 1.29 is 9.90 Å². The minimum Gasteiger partial charge on any atom is -0.480 e. The molecule has 1 aliphatic heterocycles. The molecular weight excluding hydrogens is 226 g/mol. The van der Waals surface area contributed by atoms with Gasteiger partial charge in [-0.3, -0.25) is 9.69 Å². The van der Waals surface area contributed by atoms with Gasteiger partial charge in [0.2, 0.25) is 0 Å². The number of carbonyl (C=O) groups is 1. The highest BCUT2D eigenvalue weighted by molar-refractivity contribution is 5.73. The third-order valence-corrected chi connectivity index (χ3v) is 4.27. The normalized spacial score (nSPS) is 31.4. The Balaban J connectivity index is 1.58. The van der Waals surface area contributed by atoms with E-state index in [1.54, 1.807) is 0 Å². The van der Waals surface area contributed by atoms with E-state index in [0.717, 1.165) is 25.9 Å². The molecule has 2 aliphatic rings. The minimum absolute atomic E-state index is 0.234. The molecule has 0 aromatic heterocycles. The van der Waals surface area contributed by atoms with Crippen molar-refractivity contribution in [3.05, 3.63) is 35.9 Å². The Morgan fingerprint density at radius 1 is 1.33 bits per heavy atom. The summed E-state index contributed by atoms with van der Waals surface area (Å²) >= 11 is 0. The Labute approximate surface area is 107 Å². The van der Waals surface area contributed by atoms with Gasteiger partial charge in [0.1, 0.15) is 6.04 Å². The van der Waals surface area contributed by atoms with E-state index in [1.807, 2.05) is 6.07 Å². The number of benzene rings is 1. The molecule has 3 atom stereocenters. The average molecular weight is 245 g/mol. The molecule has 1 saturated heterocycles. The van der Waals surface area contributed by atoms with Gasteiger partial charge in [-0.1, -0.05) is 30.3 Å². The lowest BCUT2D eigenvalue weighted by atomic mass is 10.1. The summed E-state index contributed by atoms with van der Waals surface area (Å²) in [7, 11) is 0. The van der Waals surface area contributed by atoms with Crippen molar-refractivity contribution in [3.8, 4) is 0 Å². The first-order chi connectivity index (χ1) is 8.75. The van der Waals surface area contributed by atoms with E-state index in [9.17, 15) is 4.79 Å². The molecule has 2 fully saturated rings. The van der Waals surface area contributed by atoms with Crippen molar-refractivity contribution in [2.75, 3.05) is 13.1 Å². The van der Waals surface area contributed by atoms with Gasteiger partial charge in [0.25, 0.3) is 0 Å². The molecule has 3 rings (SSSR count). The Morgan fingerprint density at radius 3 is 2.83 bits per heavy atom. The van der Waals surface area contributed by atoms with Crippen molar-refractivity contribution in [1.29, 1.82) is 0 Å². The second-order valence-electron chi connectivity index (χ2n) is 5.50. The fourth-order valence-corrected chi connectivity index (χ4v) is 3.18. The second-order valence-corrected chi connectivity index (χ2v) is 5.50. The number of hydrogen-bond donors (Lipinski definition) is 1. The summed E-state index contributed by atoms with van der Waals surface area (Å²) in [5.41, 5.74) is 1.41. The molecule has 18 heavy (non-hydrogen) atoms. The van der Waals surface area contributed by atoms with E-state index in [0.29, 0.717) is 11.8 Å². The molecule has 1 aliphatic carbocycles. The zero-order valence-electron chi connectivity index (χ0n) is 10.5. The Morgan fingerprint density at radius 2 is 2.11 bits per heavy atom. The maximum absolute atomic E-state index is 11.1. The van der Waals surface area contributed by atoms with Crippen LogP contribution in [0, 0.1) is 5.92 Å². The van der Waals surface area contributed by atoms with Crippen LogP contribution in [-0.2, 0) is 4.79 Å². The second kappa shape index (κ2) is 4.73. The number of nitrogens with zero attached hydrogens (tertiary/aromatic N) is 1. The SMILES string of the molecule is O=C(O)[C@@H]1CCCN1CC1CC1c1ccccc1. The summed E-state index contributed by atoms with van der Waals surface area (Å²) in [6.45, 7) is 1.91. The summed E-state index contributed by atoms with van der Waals surface area (Å²) in [4.78, 5) is 13.3. The zero-order valence-corrected chi connectivity index (χ0v) is 10.5. The lowest BCUT2D eigenvalue weighted by molar-refractivity contribution is -0.142. The maximum Gasteiger partial charge on any atom is 0.320 e. The summed E-state index contributed by atoms with van der Waals surface area (Å²) < 4.78 is 0. The molecule has 2 unspecified atom stereocenters. The predicted molar refractivity (Wildman–Crippen MR) is 69.5 cm³/mol. The standard InChI is InChI=1S/C15H19NO2/c17-15(18)14-7-4-8-16(14)10-12-9-13(12)11-5-2-1-3-6-11/h1-3,5-6,12-14H,4,7-10H2,(H,17,18)/t12?,13?,14-/m0/s1. The quantitative estimate of drug-likeness (QED) is 0.885. The van der Waals surface area contributed by atoms with Crippen LogP contribution in [0.25, 0.3) is 0 Å². The van der Waals surface area contributed by atoms with Crippen LogP contribution in [0.4, 0.5) is 0 Å². The van der Waals surface area contributed by atoms with Gasteiger partial charge in [0.15, 0.2) is 0 Å². The lowest BCUT2D eigenvalue weighted by Crippen LogP contribution is -2.37. The topological polar surface area (TPSA) is 40.5 Å². The van der Waals surface area contributed by atoms with Crippen LogP contribution >= 0.6 is 0 Å². The van der Waals surface area contributed by atoms with Gasteiger partial charge in [0.05, 0.1) is 0 Å². The smallest absolute Gasteiger partial charge is 0.320 e. The van der Waals surface area contributed by atoms with Gasteiger partial charge in [-0.2, -0.15) is 0 Å². The number of carboxylic acids is 1. The molecule has 0 amide bonds. The molecule has 0 radical (unpaired) electrons. The monoisotopic (exact) mass is 245 g/mol. The lowest BCUT2D eigenvalue weighted by Gasteiger charge is -2.20. The average Bonchev–Trinajstić information content (AvgIpc) is 2.97. The van der Waals surface area contributed by atoms with Crippen LogP contribution < -0.4 is 0 Å². The molecule has 1 aromatic rings. The van der Waals surface area contributed by atoms with Gasteiger partial charge in [-0.15, -0.1) is 0 Å². The van der Waals surface area contributed by atoms with Crippen molar-refractivity contribution in [2.24, 2.45) is 5.92 Å². The van der Waals surface area contributed by atoms with E-state index < -0.39 is 5.97 Å². The van der Waals surface area contributed by atoms with E-state index in [2.05, 4.69) is 29.2 Å². The molecule has 1 aromatic carbocycles. The Bertz CT molecular complexity index is 431. The van der Waals surface area contributed by atoms with Crippen LogP contribution in [0.2, 0.25) is 0 Å². The number of aliphatic carboxylic acids is 1. The molecule has 3 heteroatoms. The van der Waals surface area contributed by atoms with E-state index >= 15 is 0 Å². The third-order valence-electron chi connectivity index (χ3n) is 4.27. The molecule has 3 nitrogen and oxygen atoms in total. The summed E-state index contributed by atoms with van der Waals surface area (Å²) in [5.74, 6) is 0.665. The molecular formula is C15H19NO2. The van der Waals surface area contributed by atoms with Gasteiger partial charge in [-0.05, 0) is 43.2 Å². The number of likely N-dealkylation sites (tertiary alicyclic amines) is 1. The van der Waals surface area contributed by atoms with Crippen molar-refractivity contribution >= 4 is 5.97 Å². The van der Waals surface area contributed by atoms with Crippen LogP contribution in [0.5, 0.6) is 0 Å².